The number of halogens is 2. The molecule has 1 aliphatic rings. The Kier molecular flexibility index (Phi) is 9.25. The van der Waals surface area contributed by atoms with Crippen LogP contribution in [0, 0.1) is 0 Å². The van der Waals surface area contributed by atoms with Gasteiger partial charge in [-0.25, -0.2) is 15.0 Å². The van der Waals surface area contributed by atoms with Gasteiger partial charge in [-0.2, -0.15) is 10.2 Å². The molecule has 3 aromatic carbocycles. The minimum Gasteiger partial charge on any atom is -0.378 e. The van der Waals surface area contributed by atoms with E-state index in [2.05, 4.69) is 15.8 Å². The number of anilines is 3. The molecule has 1 saturated heterocycles. The third-order valence-corrected chi connectivity index (χ3v) is 7.27. The summed E-state index contributed by atoms with van der Waals surface area (Å²) in [6.45, 7) is 2.90. The van der Waals surface area contributed by atoms with Gasteiger partial charge < -0.3 is 15.1 Å². The Balaban J connectivity index is 1.54. The van der Waals surface area contributed by atoms with Gasteiger partial charge in [0.1, 0.15) is 6.54 Å². The number of carbonyl (C=O) groups excluding carboxylic acids is 3. The van der Waals surface area contributed by atoms with E-state index in [9.17, 15) is 19.6 Å². The molecule has 42 heavy (non-hydrogen) atoms. The Bertz CT molecular complexity index is 1460. The molecule has 0 aliphatic carbocycles. The van der Waals surface area contributed by atoms with Crippen LogP contribution in [0.15, 0.2) is 77.9 Å². The molecule has 1 atom stereocenters. The first kappa shape index (κ1) is 30.6. The van der Waals surface area contributed by atoms with E-state index >= 15 is 0 Å². The second-order valence-electron chi connectivity index (χ2n) is 10.3. The Labute approximate surface area is 253 Å². The van der Waals surface area contributed by atoms with E-state index in [1.54, 1.807) is 62.4 Å². The first-order valence-corrected chi connectivity index (χ1v) is 13.6. The van der Waals surface area contributed by atoms with Crippen molar-refractivity contribution in [2.24, 2.45) is 5.10 Å². The number of hydrogen-bond acceptors (Lipinski definition) is 6. The second kappa shape index (κ2) is 12.7. The van der Waals surface area contributed by atoms with E-state index in [1.165, 1.54) is 16.0 Å². The maximum Gasteiger partial charge on any atom is 0.347 e. The largest absolute Gasteiger partial charge is 0.378 e. The predicted molar refractivity (Wildman–Crippen MR) is 165 cm³/mol. The fourth-order valence-electron chi connectivity index (χ4n) is 4.51. The van der Waals surface area contributed by atoms with Crippen LogP contribution in [-0.2, 0) is 4.79 Å². The van der Waals surface area contributed by atoms with Crippen LogP contribution in [0.2, 0.25) is 10.0 Å². The van der Waals surface area contributed by atoms with Crippen molar-refractivity contribution in [3.8, 4) is 0 Å². The summed E-state index contributed by atoms with van der Waals surface area (Å²) in [6, 6.07) is 18.7. The monoisotopic (exact) mass is 611 g/mol. The van der Waals surface area contributed by atoms with Crippen LogP contribution in [0.5, 0.6) is 0 Å². The molecule has 0 unspecified atom stereocenters. The number of carbonyl (C=O) groups is 3. The van der Waals surface area contributed by atoms with E-state index in [4.69, 9.17) is 23.2 Å². The Morgan fingerprint density at radius 3 is 2.12 bits per heavy atom. The summed E-state index contributed by atoms with van der Waals surface area (Å²) >= 11 is 12.0. The van der Waals surface area contributed by atoms with Crippen molar-refractivity contribution in [3.63, 3.8) is 0 Å². The summed E-state index contributed by atoms with van der Waals surface area (Å²) in [5.74, 6) is -0.565. The molecular weight excluding hydrogens is 581 g/mol. The van der Waals surface area contributed by atoms with Gasteiger partial charge in [-0.1, -0.05) is 35.3 Å². The van der Waals surface area contributed by atoms with Crippen LogP contribution in [0.1, 0.15) is 19.4 Å². The molecule has 3 N–H and O–H groups in total. The van der Waals surface area contributed by atoms with Gasteiger partial charge in [-0.15, -0.1) is 0 Å². The fraction of sp³-hybridized carbons (Fsp3) is 0.241. The molecule has 1 fully saturated rings. The Morgan fingerprint density at radius 1 is 0.976 bits per heavy atom. The summed E-state index contributed by atoms with van der Waals surface area (Å²) in [6.07, 6.45) is 0.262. The van der Waals surface area contributed by atoms with Gasteiger partial charge in [0.15, 0.2) is 6.17 Å². The zero-order chi connectivity index (χ0) is 30.6. The van der Waals surface area contributed by atoms with Crippen molar-refractivity contribution in [3.05, 3.63) is 88.4 Å². The molecule has 3 aromatic rings. The van der Waals surface area contributed by atoms with Crippen LogP contribution in [-0.4, -0.2) is 71.7 Å². The number of rotatable bonds is 8. The highest BCUT2D eigenvalue weighted by Gasteiger charge is 2.56. The number of hydrazone groups is 1. The van der Waals surface area contributed by atoms with Crippen molar-refractivity contribution in [1.29, 1.82) is 0 Å². The van der Waals surface area contributed by atoms with Crippen molar-refractivity contribution in [2.75, 3.05) is 35.8 Å². The summed E-state index contributed by atoms with van der Waals surface area (Å²) in [5, 5.41) is 19.1. The van der Waals surface area contributed by atoms with E-state index in [1.807, 2.05) is 43.3 Å². The van der Waals surface area contributed by atoms with Gasteiger partial charge in [0.05, 0.1) is 11.8 Å². The molecule has 0 spiro atoms. The van der Waals surface area contributed by atoms with Crippen LogP contribution in [0.25, 0.3) is 0 Å². The standard InChI is InChI=1S/C29H31Cl2N7O4/c1-29(2)26(38(42)27(40)33-22-11-7-20(30)8-12-22)37(24-15-9-21(31)10-16-24)28(41)36(29)18-25(39)34-32-17-19-5-13-23(14-6-19)35(3)4/h5-17,26,42H,18H2,1-4H3,(H,33,40)(H,34,39)/t26-/m1/s1. The topological polar surface area (TPSA) is 121 Å². The normalized spacial score (nSPS) is 16.1. The molecule has 0 aromatic heterocycles. The maximum absolute atomic E-state index is 13.8. The average Bonchev–Trinajstić information content (AvgIpc) is 3.14. The number of hydrogen-bond donors (Lipinski definition) is 3. The average molecular weight is 613 g/mol. The van der Waals surface area contributed by atoms with Crippen molar-refractivity contribution >= 4 is 64.4 Å². The molecule has 1 aliphatic heterocycles. The zero-order valence-corrected chi connectivity index (χ0v) is 25.0. The van der Waals surface area contributed by atoms with Gasteiger partial charge >= 0.3 is 12.1 Å². The van der Waals surface area contributed by atoms with Crippen LogP contribution < -0.4 is 20.5 Å². The lowest BCUT2D eigenvalue weighted by Crippen LogP contribution is -2.58. The highest BCUT2D eigenvalue weighted by Crippen LogP contribution is 2.38. The summed E-state index contributed by atoms with van der Waals surface area (Å²) in [5.41, 5.74) is 3.74. The first-order valence-electron chi connectivity index (χ1n) is 12.9. The van der Waals surface area contributed by atoms with Crippen molar-refractivity contribution < 1.29 is 19.6 Å². The number of benzene rings is 3. The third kappa shape index (κ3) is 6.76. The molecule has 0 bridgehead atoms. The molecule has 0 saturated carbocycles. The van der Waals surface area contributed by atoms with Gasteiger partial charge in [0.25, 0.3) is 5.91 Å². The number of nitrogens with zero attached hydrogens (tertiary/aromatic N) is 5. The SMILES string of the molecule is CN(C)c1ccc(C=NNC(=O)CN2C(=O)N(c3ccc(Cl)cc3)[C@H](N(O)C(=O)Nc3ccc(Cl)cc3)C2(C)C)cc1. The van der Waals surface area contributed by atoms with Gasteiger partial charge in [0, 0.05) is 41.2 Å². The smallest absolute Gasteiger partial charge is 0.347 e. The van der Waals surface area contributed by atoms with Crippen molar-refractivity contribution in [2.45, 2.75) is 25.6 Å². The maximum atomic E-state index is 13.8. The molecule has 220 valence electrons. The number of amides is 5. The number of hydroxylamine groups is 2. The van der Waals surface area contributed by atoms with Gasteiger partial charge in [0.2, 0.25) is 0 Å². The summed E-state index contributed by atoms with van der Waals surface area (Å²) < 4.78 is 0. The highest BCUT2D eigenvalue weighted by atomic mass is 35.5. The second-order valence-corrected chi connectivity index (χ2v) is 11.2. The minimum atomic E-state index is -1.24. The molecule has 0 radical (unpaired) electrons. The quantitative estimate of drug-likeness (QED) is 0.177. The highest BCUT2D eigenvalue weighted by molar-refractivity contribution is 6.31. The first-order chi connectivity index (χ1) is 19.9. The molecular formula is C29H31Cl2N7O4. The van der Waals surface area contributed by atoms with Crippen LogP contribution in [0.4, 0.5) is 26.7 Å². The summed E-state index contributed by atoms with van der Waals surface area (Å²) in [7, 11) is 3.87. The molecule has 11 nitrogen and oxygen atoms in total. The minimum absolute atomic E-state index is 0.364. The molecule has 5 amide bonds. The third-order valence-electron chi connectivity index (χ3n) is 6.76. The lowest BCUT2D eigenvalue weighted by atomic mass is 9.99. The zero-order valence-electron chi connectivity index (χ0n) is 23.5. The van der Waals surface area contributed by atoms with E-state index in [-0.39, 0.29) is 0 Å². The van der Waals surface area contributed by atoms with Gasteiger partial charge in [-0.3, -0.25) is 14.9 Å². The molecule has 13 heteroatoms. The molecule has 1 heterocycles. The Morgan fingerprint density at radius 2 is 1.55 bits per heavy atom. The van der Waals surface area contributed by atoms with Crippen LogP contribution in [0.3, 0.4) is 0 Å². The summed E-state index contributed by atoms with van der Waals surface area (Å²) in [4.78, 5) is 44.3. The fourth-order valence-corrected chi connectivity index (χ4v) is 4.76. The Hall–Kier alpha value is -4.32. The van der Waals surface area contributed by atoms with Crippen molar-refractivity contribution in [1.82, 2.24) is 15.4 Å². The molecule has 4 rings (SSSR count). The van der Waals surface area contributed by atoms with E-state index in [0.717, 1.165) is 11.3 Å². The van der Waals surface area contributed by atoms with E-state index < -0.39 is 36.2 Å². The van der Waals surface area contributed by atoms with Crippen LogP contribution >= 0.6 is 23.2 Å². The number of nitrogens with one attached hydrogen (secondary N) is 2. The van der Waals surface area contributed by atoms with Gasteiger partial charge in [-0.05, 0) is 80.1 Å². The number of urea groups is 2. The predicted octanol–water partition coefficient (Wildman–Crippen LogP) is 5.48. The van der Waals surface area contributed by atoms with E-state index in [0.29, 0.717) is 26.5 Å². The lowest BCUT2D eigenvalue weighted by molar-refractivity contribution is -0.124. The lowest BCUT2D eigenvalue weighted by Gasteiger charge is -2.38.